The smallest absolute Gasteiger partial charge is 0.0737 e. The summed E-state index contributed by atoms with van der Waals surface area (Å²) in [6.45, 7) is 0. The number of H-pyrrole nitrogens is 2. The molecular weight excluding hydrogens is 747 g/mol. The highest BCUT2D eigenvalue weighted by Crippen LogP contribution is 2.47. The van der Waals surface area contributed by atoms with Gasteiger partial charge in [0.1, 0.15) is 0 Å². The number of allylic oxidation sites excluding steroid dienone is 4. The first-order chi connectivity index (χ1) is 29.7. The van der Waals surface area contributed by atoms with E-state index in [1.54, 1.807) is 0 Å². The lowest BCUT2D eigenvalue weighted by atomic mass is 9.95. The van der Waals surface area contributed by atoms with Crippen LogP contribution in [0, 0.1) is 0 Å². The summed E-state index contributed by atoms with van der Waals surface area (Å²) < 4.78 is 0. The van der Waals surface area contributed by atoms with Gasteiger partial charge < -0.3 is 9.97 Å². The summed E-state index contributed by atoms with van der Waals surface area (Å²) in [6.07, 6.45) is 13.8. The molecule has 0 saturated heterocycles. The van der Waals surface area contributed by atoms with Crippen molar-refractivity contribution in [2.75, 3.05) is 0 Å². The first kappa shape index (κ1) is 35.7. The standard InChI is InChI=1S/C56H39N3S/c1-6-16-37(17-7-1)53-45-36-46(44-29-27-42(26-28-43(44)45)60-41-24-14-5-15-25-41)54(38-18-8-2-9-19-38)48-31-33-50(58-48)56(40-22-12-4-13-23-40)52-35-34-51(59-52)55(39-20-10-3-11-21-39)49-32-30-47(53)57-49/h1-36,42,57-58H. The van der Waals surface area contributed by atoms with Crippen LogP contribution in [0.1, 0.15) is 22.5 Å². The predicted octanol–water partition coefficient (Wildman–Crippen LogP) is 15.0. The summed E-state index contributed by atoms with van der Waals surface area (Å²) >= 11 is 1.87. The second-order valence-electron chi connectivity index (χ2n) is 15.2. The van der Waals surface area contributed by atoms with Gasteiger partial charge in [-0.05, 0) is 99.1 Å². The molecule has 8 aromatic rings. The highest BCUT2D eigenvalue weighted by atomic mass is 32.2. The third-order valence-corrected chi connectivity index (χ3v) is 12.6. The third-order valence-electron chi connectivity index (χ3n) is 11.5. The first-order valence-electron chi connectivity index (χ1n) is 20.4. The molecule has 8 bridgehead atoms. The van der Waals surface area contributed by atoms with Gasteiger partial charge in [-0.2, -0.15) is 0 Å². The first-order valence-corrected chi connectivity index (χ1v) is 21.3. The number of benzene rings is 5. The second-order valence-corrected chi connectivity index (χ2v) is 16.4. The SMILES string of the molecule is C1=CC(Sc2ccccc2)C=CC2=C1c1cc2c(-c2ccccc2)c2ccc([nH]2)c(-c2ccccc2)c2nc(c(-c3ccccc3)c3ccc([nH]3)c1-c1ccccc1)C=C2. The van der Waals surface area contributed by atoms with Gasteiger partial charge in [0, 0.05) is 54.5 Å². The minimum Gasteiger partial charge on any atom is -0.354 e. The molecule has 0 saturated carbocycles. The number of aromatic nitrogens is 3. The van der Waals surface area contributed by atoms with Gasteiger partial charge >= 0.3 is 0 Å². The van der Waals surface area contributed by atoms with Gasteiger partial charge in [0.25, 0.3) is 0 Å². The zero-order valence-electron chi connectivity index (χ0n) is 32.7. The third kappa shape index (κ3) is 6.57. The van der Waals surface area contributed by atoms with Gasteiger partial charge in [0.05, 0.1) is 11.4 Å². The maximum Gasteiger partial charge on any atom is 0.0737 e. The quantitative estimate of drug-likeness (QED) is 0.176. The lowest BCUT2D eigenvalue weighted by Gasteiger charge is -2.09. The molecule has 11 rings (SSSR count). The van der Waals surface area contributed by atoms with Gasteiger partial charge in [0.15, 0.2) is 0 Å². The van der Waals surface area contributed by atoms with Crippen LogP contribution < -0.4 is 0 Å². The summed E-state index contributed by atoms with van der Waals surface area (Å²) in [5.74, 6) is 0. The van der Waals surface area contributed by atoms with Crippen LogP contribution in [-0.2, 0) is 0 Å². The molecule has 60 heavy (non-hydrogen) atoms. The Bertz CT molecular complexity index is 3000. The molecule has 0 fully saturated rings. The molecule has 2 aliphatic carbocycles. The van der Waals surface area contributed by atoms with E-state index in [-0.39, 0.29) is 5.25 Å². The molecule has 1 aliphatic heterocycles. The Kier molecular flexibility index (Phi) is 9.18. The lowest BCUT2D eigenvalue weighted by molar-refractivity contribution is 1.32. The zero-order valence-corrected chi connectivity index (χ0v) is 33.5. The van der Waals surface area contributed by atoms with Gasteiger partial charge in [-0.15, -0.1) is 11.8 Å². The Morgan fingerprint density at radius 2 is 0.717 bits per heavy atom. The number of nitrogens with one attached hydrogen (secondary N) is 2. The van der Waals surface area contributed by atoms with Crippen molar-refractivity contribution in [3.05, 3.63) is 229 Å². The predicted molar refractivity (Wildman–Crippen MR) is 255 cm³/mol. The Morgan fingerprint density at radius 3 is 1.12 bits per heavy atom. The summed E-state index contributed by atoms with van der Waals surface area (Å²) in [7, 11) is 0. The number of nitrogens with zero attached hydrogens (tertiary/aromatic N) is 1. The molecule has 5 aromatic carbocycles. The summed E-state index contributed by atoms with van der Waals surface area (Å²) in [5.41, 5.74) is 19.5. The molecule has 284 valence electrons. The fourth-order valence-corrected chi connectivity index (χ4v) is 9.71. The topological polar surface area (TPSA) is 44.5 Å². The summed E-state index contributed by atoms with van der Waals surface area (Å²) in [6, 6.07) is 64.9. The van der Waals surface area contributed by atoms with E-state index in [4.69, 9.17) is 4.98 Å². The minimum absolute atomic E-state index is 0.153. The fraction of sp³-hybridized carbons (Fsp3) is 0.0179. The average Bonchev–Trinajstić information content (AvgIpc) is 4.12. The van der Waals surface area contributed by atoms with E-state index in [0.29, 0.717) is 0 Å². The summed E-state index contributed by atoms with van der Waals surface area (Å²) in [4.78, 5) is 14.6. The summed E-state index contributed by atoms with van der Waals surface area (Å²) in [5, 5.41) is 0.153. The van der Waals surface area contributed by atoms with Crippen LogP contribution in [0.4, 0.5) is 0 Å². The van der Waals surface area contributed by atoms with Crippen molar-refractivity contribution in [2.45, 2.75) is 10.1 Å². The number of fused-ring (bicyclic) bond motifs is 10. The normalized spacial score (nSPS) is 13.4. The van der Waals surface area contributed by atoms with E-state index >= 15 is 0 Å². The van der Waals surface area contributed by atoms with Crippen LogP contribution in [0.25, 0.3) is 89.9 Å². The maximum absolute atomic E-state index is 5.45. The van der Waals surface area contributed by atoms with Crippen molar-refractivity contribution < 1.29 is 0 Å². The van der Waals surface area contributed by atoms with Crippen molar-refractivity contribution in [1.82, 2.24) is 15.0 Å². The van der Waals surface area contributed by atoms with E-state index < -0.39 is 0 Å². The molecule has 3 aromatic heterocycles. The van der Waals surface area contributed by atoms with Crippen LogP contribution >= 0.6 is 11.8 Å². The number of hydrogen-bond donors (Lipinski definition) is 2. The van der Waals surface area contributed by atoms with Crippen molar-refractivity contribution in [2.24, 2.45) is 0 Å². The van der Waals surface area contributed by atoms with Crippen LogP contribution in [-0.4, -0.2) is 20.2 Å². The molecule has 0 atom stereocenters. The average molecular weight is 786 g/mol. The number of rotatable bonds is 6. The fourth-order valence-electron chi connectivity index (χ4n) is 8.77. The van der Waals surface area contributed by atoms with E-state index in [1.807, 2.05) is 11.8 Å². The Labute approximate surface area is 353 Å². The van der Waals surface area contributed by atoms with E-state index in [1.165, 1.54) is 27.2 Å². The van der Waals surface area contributed by atoms with Gasteiger partial charge in [-0.3, -0.25) is 0 Å². The molecule has 4 heteroatoms. The Morgan fingerprint density at radius 1 is 0.367 bits per heavy atom. The highest BCUT2D eigenvalue weighted by molar-refractivity contribution is 8.00. The van der Waals surface area contributed by atoms with Gasteiger partial charge in [0.2, 0.25) is 0 Å². The van der Waals surface area contributed by atoms with Crippen LogP contribution in [0.3, 0.4) is 0 Å². The molecular formula is C56H39N3S. The molecule has 0 spiro atoms. The van der Waals surface area contributed by atoms with E-state index in [9.17, 15) is 0 Å². The molecule has 2 N–H and O–H groups in total. The Balaban J connectivity index is 1.31. The van der Waals surface area contributed by atoms with Crippen LogP contribution in [0.5, 0.6) is 0 Å². The molecule has 3 nitrogen and oxygen atoms in total. The van der Waals surface area contributed by atoms with Crippen molar-refractivity contribution in [1.29, 1.82) is 0 Å². The minimum atomic E-state index is 0.153. The molecule has 0 unspecified atom stereocenters. The van der Waals surface area contributed by atoms with Crippen LogP contribution in [0.2, 0.25) is 0 Å². The van der Waals surface area contributed by atoms with Gasteiger partial charge in [-0.1, -0.05) is 164 Å². The van der Waals surface area contributed by atoms with Crippen molar-refractivity contribution in [3.8, 4) is 44.5 Å². The van der Waals surface area contributed by atoms with E-state index in [2.05, 4.69) is 228 Å². The Hall–Kier alpha value is -7.40. The second kappa shape index (κ2) is 15.4. The van der Waals surface area contributed by atoms with Crippen molar-refractivity contribution in [3.63, 3.8) is 0 Å². The number of thioether (sulfide) groups is 1. The van der Waals surface area contributed by atoms with Crippen LogP contribution in [0.15, 0.2) is 211 Å². The molecule has 3 aliphatic rings. The monoisotopic (exact) mass is 785 g/mol. The molecule has 4 heterocycles. The van der Waals surface area contributed by atoms with Gasteiger partial charge in [-0.25, -0.2) is 4.98 Å². The zero-order chi connectivity index (χ0) is 39.8. The highest BCUT2D eigenvalue weighted by Gasteiger charge is 2.25. The van der Waals surface area contributed by atoms with E-state index in [0.717, 1.165) is 78.0 Å². The maximum atomic E-state index is 5.45. The lowest BCUT2D eigenvalue weighted by Crippen LogP contribution is -1.92. The molecule has 0 radical (unpaired) electrons. The largest absolute Gasteiger partial charge is 0.354 e. The van der Waals surface area contributed by atoms with Crippen molar-refractivity contribution >= 4 is 57.1 Å². The number of aromatic amines is 2. The molecule has 0 amide bonds. The number of hydrogen-bond acceptors (Lipinski definition) is 2.